The topological polar surface area (TPSA) is 74.6 Å². The number of nitrogens with zero attached hydrogens (tertiary/aromatic N) is 2. The maximum Gasteiger partial charge on any atom is 0.230 e. The molecule has 7 nitrogen and oxygen atoms in total. The number of hydrogen-bond acceptors (Lipinski definition) is 6. The van der Waals surface area contributed by atoms with Crippen molar-refractivity contribution in [2.75, 3.05) is 20.0 Å². The van der Waals surface area contributed by atoms with Gasteiger partial charge in [-0.15, -0.1) is 0 Å². The lowest BCUT2D eigenvalue weighted by atomic mass is 10.2. The van der Waals surface area contributed by atoms with E-state index in [4.69, 9.17) is 14.2 Å². The van der Waals surface area contributed by atoms with Crippen LogP contribution in [0.25, 0.3) is 5.69 Å². The lowest BCUT2D eigenvalue weighted by Gasteiger charge is -2.13. The molecule has 0 saturated heterocycles. The maximum absolute atomic E-state index is 12.5. The zero-order valence-electron chi connectivity index (χ0n) is 19.6. The molecule has 0 radical (unpaired) electrons. The molecule has 180 valence electrons. The predicted octanol–water partition coefficient (Wildman–Crippen LogP) is 4.88. The Hall–Kier alpha value is -3.91. The third-order valence-electron chi connectivity index (χ3n) is 5.23. The fourth-order valence-electron chi connectivity index (χ4n) is 3.41. The Morgan fingerprint density at radius 2 is 1.80 bits per heavy atom. The third-order valence-corrected chi connectivity index (χ3v) is 6.19. The second kappa shape index (κ2) is 12.0. The second-order valence-electron chi connectivity index (χ2n) is 7.61. The van der Waals surface area contributed by atoms with E-state index < -0.39 is 0 Å². The largest absolute Gasteiger partial charge is 0.497 e. The van der Waals surface area contributed by atoms with Gasteiger partial charge < -0.3 is 19.5 Å². The van der Waals surface area contributed by atoms with Crippen LogP contribution in [0.3, 0.4) is 0 Å². The second-order valence-corrected chi connectivity index (χ2v) is 8.55. The average molecular weight is 490 g/mol. The summed E-state index contributed by atoms with van der Waals surface area (Å²) >= 11 is 1.37. The molecule has 1 heterocycles. The molecule has 1 aromatic heterocycles. The standard InChI is InChI=1S/C27H27N3O4S/c1-32-23-10-6-9-22(16-23)30-14-13-28-27(30)35-19-26(31)29-17-21-11-12-24(25(15-21)33-2)34-18-20-7-4-3-5-8-20/h3-16H,17-19H2,1-2H3,(H,29,31). The molecule has 0 bridgehead atoms. The van der Waals surface area contributed by atoms with Crippen LogP contribution < -0.4 is 19.5 Å². The molecular weight excluding hydrogens is 462 g/mol. The number of imidazole rings is 1. The van der Waals surface area contributed by atoms with Gasteiger partial charge in [-0.3, -0.25) is 9.36 Å². The molecule has 0 aliphatic heterocycles. The first-order valence-electron chi connectivity index (χ1n) is 11.1. The molecule has 0 aliphatic carbocycles. The minimum atomic E-state index is -0.0847. The van der Waals surface area contributed by atoms with Crippen molar-refractivity contribution in [2.24, 2.45) is 0 Å². The van der Waals surface area contributed by atoms with E-state index in [2.05, 4.69) is 10.3 Å². The Kier molecular flexibility index (Phi) is 8.30. The highest BCUT2D eigenvalue weighted by atomic mass is 32.2. The van der Waals surface area contributed by atoms with Crippen LogP contribution in [0.4, 0.5) is 0 Å². The van der Waals surface area contributed by atoms with Gasteiger partial charge in [0.2, 0.25) is 5.91 Å². The number of aromatic nitrogens is 2. The molecule has 0 aliphatic rings. The summed E-state index contributed by atoms with van der Waals surface area (Å²) in [6.07, 6.45) is 3.58. The number of benzene rings is 3. The molecule has 4 rings (SSSR count). The van der Waals surface area contributed by atoms with E-state index in [9.17, 15) is 4.79 Å². The monoisotopic (exact) mass is 489 g/mol. The van der Waals surface area contributed by atoms with Gasteiger partial charge in [-0.2, -0.15) is 0 Å². The van der Waals surface area contributed by atoms with Crippen LogP contribution in [-0.4, -0.2) is 35.4 Å². The van der Waals surface area contributed by atoms with Crippen LogP contribution >= 0.6 is 11.8 Å². The summed E-state index contributed by atoms with van der Waals surface area (Å²) in [7, 11) is 3.24. The van der Waals surface area contributed by atoms with Gasteiger partial charge in [-0.05, 0) is 35.4 Å². The molecule has 0 fully saturated rings. The number of nitrogens with one attached hydrogen (secondary N) is 1. The summed E-state index contributed by atoms with van der Waals surface area (Å²) in [5, 5.41) is 3.69. The zero-order valence-corrected chi connectivity index (χ0v) is 20.5. The smallest absolute Gasteiger partial charge is 0.230 e. The summed E-state index contributed by atoms with van der Waals surface area (Å²) in [4.78, 5) is 16.9. The van der Waals surface area contributed by atoms with Crippen molar-refractivity contribution in [3.8, 4) is 22.9 Å². The molecule has 35 heavy (non-hydrogen) atoms. The van der Waals surface area contributed by atoms with E-state index in [1.54, 1.807) is 20.4 Å². The molecule has 0 unspecified atom stereocenters. The normalized spacial score (nSPS) is 10.6. The summed E-state index contributed by atoms with van der Waals surface area (Å²) < 4.78 is 18.6. The Labute approximate surface area is 209 Å². The molecular formula is C27H27N3O4S. The molecule has 0 saturated carbocycles. The summed E-state index contributed by atoms with van der Waals surface area (Å²) in [5.41, 5.74) is 2.92. The van der Waals surface area contributed by atoms with Crippen LogP contribution in [-0.2, 0) is 17.9 Å². The van der Waals surface area contributed by atoms with Crippen molar-refractivity contribution in [1.29, 1.82) is 0 Å². The minimum Gasteiger partial charge on any atom is -0.497 e. The Bertz CT molecular complexity index is 1260. The first-order chi connectivity index (χ1) is 17.2. The van der Waals surface area contributed by atoms with Gasteiger partial charge in [0.05, 0.1) is 25.7 Å². The number of rotatable bonds is 11. The van der Waals surface area contributed by atoms with E-state index >= 15 is 0 Å². The molecule has 0 atom stereocenters. The fraction of sp³-hybridized carbons (Fsp3) is 0.185. The third kappa shape index (κ3) is 6.58. The fourth-order valence-corrected chi connectivity index (χ4v) is 4.21. The van der Waals surface area contributed by atoms with Crippen molar-refractivity contribution < 1.29 is 19.0 Å². The van der Waals surface area contributed by atoms with Gasteiger partial charge in [0.25, 0.3) is 0 Å². The molecule has 4 aromatic rings. The lowest BCUT2D eigenvalue weighted by molar-refractivity contribution is -0.118. The van der Waals surface area contributed by atoms with E-state index in [0.717, 1.165) is 27.7 Å². The van der Waals surface area contributed by atoms with Gasteiger partial charge in [-0.1, -0.05) is 54.2 Å². The quantitative estimate of drug-likeness (QED) is 0.303. The van der Waals surface area contributed by atoms with Crippen molar-refractivity contribution in [3.63, 3.8) is 0 Å². The predicted molar refractivity (Wildman–Crippen MR) is 136 cm³/mol. The van der Waals surface area contributed by atoms with Gasteiger partial charge >= 0.3 is 0 Å². The van der Waals surface area contributed by atoms with Crippen LogP contribution in [0.5, 0.6) is 17.2 Å². The van der Waals surface area contributed by atoms with Crippen molar-refractivity contribution in [1.82, 2.24) is 14.9 Å². The van der Waals surface area contributed by atoms with Gasteiger partial charge in [0, 0.05) is 25.0 Å². The average Bonchev–Trinajstić information content (AvgIpc) is 3.39. The number of carbonyl (C=O) groups excluding carboxylic acids is 1. The number of carbonyl (C=O) groups is 1. The highest BCUT2D eigenvalue weighted by Crippen LogP contribution is 2.29. The summed E-state index contributed by atoms with van der Waals surface area (Å²) in [6.45, 7) is 0.842. The van der Waals surface area contributed by atoms with Gasteiger partial charge in [0.1, 0.15) is 12.4 Å². The van der Waals surface area contributed by atoms with E-state index in [1.807, 2.05) is 83.6 Å². The van der Waals surface area contributed by atoms with E-state index in [1.165, 1.54) is 11.8 Å². The minimum absolute atomic E-state index is 0.0847. The first-order valence-corrected chi connectivity index (χ1v) is 12.1. The number of amides is 1. The van der Waals surface area contributed by atoms with Gasteiger partial charge in [0.15, 0.2) is 16.7 Å². The van der Waals surface area contributed by atoms with E-state index in [0.29, 0.717) is 24.7 Å². The molecule has 3 aromatic carbocycles. The van der Waals surface area contributed by atoms with Crippen LogP contribution in [0.1, 0.15) is 11.1 Å². The van der Waals surface area contributed by atoms with E-state index in [-0.39, 0.29) is 11.7 Å². The Morgan fingerprint density at radius 1 is 0.943 bits per heavy atom. The van der Waals surface area contributed by atoms with Crippen molar-refractivity contribution in [2.45, 2.75) is 18.3 Å². The number of methoxy groups -OCH3 is 2. The van der Waals surface area contributed by atoms with Crippen LogP contribution in [0, 0.1) is 0 Å². The molecule has 0 spiro atoms. The highest BCUT2D eigenvalue weighted by Gasteiger charge is 2.11. The molecule has 8 heteroatoms. The SMILES string of the molecule is COc1cccc(-n2ccnc2SCC(=O)NCc2ccc(OCc3ccccc3)c(OC)c2)c1. The Balaban J connectivity index is 1.30. The molecule has 1 amide bonds. The lowest BCUT2D eigenvalue weighted by Crippen LogP contribution is -2.24. The highest BCUT2D eigenvalue weighted by molar-refractivity contribution is 7.99. The first kappa shape index (κ1) is 24.2. The molecule has 1 N–H and O–H groups in total. The summed E-state index contributed by atoms with van der Waals surface area (Å²) in [5.74, 6) is 2.21. The van der Waals surface area contributed by atoms with Crippen molar-refractivity contribution >= 4 is 17.7 Å². The van der Waals surface area contributed by atoms with Gasteiger partial charge in [-0.25, -0.2) is 4.98 Å². The van der Waals surface area contributed by atoms with Crippen LogP contribution in [0.2, 0.25) is 0 Å². The maximum atomic E-state index is 12.5. The number of hydrogen-bond donors (Lipinski definition) is 1. The number of ether oxygens (including phenoxy) is 3. The zero-order chi connectivity index (χ0) is 24.5. The summed E-state index contributed by atoms with van der Waals surface area (Å²) in [6, 6.07) is 23.3. The van der Waals surface area contributed by atoms with Crippen LogP contribution in [0.15, 0.2) is 90.3 Å². The van der Waals surface area contributed by atoms with Crippen molar-refractivity contribution in [3.05, 3.63) is 96.3 Å². The number of thioether (sulfide) groups is 1. The Morgan fingerprint density at radius 3 is 2.60 bits per heavy atom.